The second kappa shape index (κ2) is 6.16. The molecule has 2 N–H and O–H groups in total. The van der Waals surface area contributed by atoms with Gasteiger partial charge in [0, 0.05) is 5.69 Å². The van der Waals surface area contributed by atoms with Crippen LogP contribution in [0.2, 0.25) is 0 Å². The maximum atomic E-state index is 5.49. The second-order valence-electron chi connectivity index (χ2n) is 4.12. The van der Waals surface area contributed by atoms with E-state index in [9.17, 15) is 0 Å². The van der Waals surface area contributed by atoms with E-state index in [4.69, 9.17) is 4.42 Å². The monoisotopic (exact) mass is 246 g/mol. The summed E-state index contributed by atoms with van der Waals surface area (Å²) in [6.07, 6.45) is 1.09. The van der Waals surface area contributed by atoms with E-state index in [1.807, 2.05) is 31.2 Å². The molecule has 0 unspecified atom stereocenters. The van der Waals surface area contributed by atoms with Crippen LogP contribution in [0.1, 0.15) is 24.8 Å². The van der Waals surface area contributed by atoms with E-state index in [1.165, 1.54) is 0 Å². The molecule has 5 nitrogen and oxygen atoms in total. The first kappa shape index (κ1) is 12.6. The van der Waals surface area contributed by atoms with Crippen molar-refractivity contribution in [3.05, 3.63) is 35.7 Å². The number of anilines is 2. The van der Waals surface area contributed by atoms with Gasteiger partial charge in [-0.1, -0.05) is 30.2 Å². The summed E-state index contributed by atoms with van der Waals surface area (Å²) < 4.78 is 5.49. The van der Waals surface area contributed by atoms with E-state index in [-0.39, 0.29) is 0 Å². The highest BCUT2D eigenvalue weighted by Gasteiger charge is 2.06. The SMILES string of the molecule is CCCNCc1nnc(Nc2ccccc2C)o1. The van der Waals surface area contributed by atoms with Gasteiger partial charge < -0.3 is 15.1 Å². The molecule has 0 aliphatic rings. The van der Waals surface area contributed by atoms with Gasteiger partial charge in [-0.05, 0) is 31.5 Å². The summed E-state index contributed by atoms with van der Waals surface area (Å²) in [6, 6.07) is 8.40. The lowest BCUT2D eigenvalue weighted by Gasteiger charge is -2.04. The first-order chi connectivity index (χ1) is 8.79. The van der Waals surface area contributed by atoms with E-state index >= 15 is 0 Å². The van der Waals surface area contributed by atoms with Crippen molar-refractivity contribution in [3.8, 4) is 0 Å². The van der Waals surface area contributed by atoms with Crippen molar-refractivity contribution in [2.45, 2.75) is 26.8 Å². The Morgan fingerprint density at radius 3 is 2.83 bits per heavy atom. The normalized spacial score (nSPS) is 10.6. The maximum Gasteiger partial charge on any atom is 0.320 e. The van der Waals surface area contributed by atoms with Gasteiger partial charge in [0.25, 0.3) is 0 Å². The number of hydrogen-bond acceptors (Lipinski definition) is 5. The third-order valence-electron chi connectivity index (χ3n) is 2.56. The summed E-state index contributed by atoms with van der Waals surface area (Å²) in [7, 11) is 0. The summed E-state index contributed by atoms with van der Waals surface area (Å²) in [4.78, 5) is 0. The van der Waals surface area contributed by atoms with Crippen LogP contribution >= 0.6 is 0 Å². The Morgan fingerprint density at radius 1 is 1.22 bits per heavy atom. The van der Waals surface area contributed by atoms with Gasteiger partial charge in [-0.2, -0.15) is 0 Å². The lowest BCUT2D eigenvalue weighted by Crippen LogP contribution is -2.13. The number of benzene rings is 1. The number of para-hydroxylation sites is 1. The molecule has 0 saturated carbocycles. The highest BCUT2D eigenvalue weighted by Crippen LogP contribution is 2.18. The highest BCUT2D eigenvalue weighted by molar-refractivity contribution is 5.56. The van der Waals surface area contributed by atoms with Crippen molar-refractivity contribution in [2.75, 3.05) is 11.9 Å². The number of nitrogens with zero attached hydrogens (tertiary/aromatic N) is 2. The Labute approximate surface area is 107 Å². The van der Waals surface area contributed by atoms with Crippen LogP contribution in [0.25, 0.3) is 0 Å². The summed E-state index contributed by atoms with van der Waals surface area (Å²) in [5.41, 5.74) is 2.12. The molecule has 0 aliphatic heterocycles. The van der Waals surface area contributed by atoms with Crippen LogP contribution < -0.4 is 10.6 Å². The van der Waals surface area contributed by atoms with Gasteiger partial charge in [0.15, 0.2) is 0 Å². The lowest BCUT2D eigenvalue weighted by molar-refractivity contribution is 0.479. The average Bonchev–Trinajstić information content (AvgIpc) is 2.80. The van der Waals surface area contributed by atoms with Crippen molar-refractivity contribution in [3.63, 3.8) is 0 Å². The third-order valence-corrected chi connectivity index (χ3v) is 2.56. The number of nitrogens with one attached hydrogen (secondary N) is 2. The van der Waals surface area contributed by atoms with Gasteiger partial charge in [0.2, 0.25) is 5.89 Å². The summed E-state index contributed by atoms with van der Waals surface area (Å²) >= 11 is 0. The topological polar surface area (TPSA) is 63.0 Å². The van der Waals surface area contributed by atoms with Gasteiger partial charge in [-0.15, -0.1) is 5.10 Å². The van der Waals surface area contributed by atoms with Crippen LogP contribution in [0, 0.1) is 6.92 Å². The van der Waals surface area contributed by atoms with Crippen LogP contribution in [0.15, 0.2) is 28.7 Å². The molecule has 2 rings (SSSR count). The number of aromatic nitrogens is 2. The molecular formula is C13H18N4O. The van der Waals surface area contributed by atoms with E-state index < -0.39 is 0 Å². The van der Waals surface area contributed by atoms with Crippen molar-refractivity contribution in [1.29, 1.82) is 0 Å². The fraction of sp³-hybridized carbons (Fsp3) is 0.385. The summed E-state index contributed by atoms with van der Waals surface area (Å²) in [6.45, 7) is 5.70. The molecule has 18 heavy (non-hydrogen) atoms. The standard InChI is InChI=1S/C13H18N4O/c1-3-8-14-9-12-16-17-13(18-12)15-11-7-5-4-6-10(11)2/h4-7,14H,3,8-9H2,1-2H3,(H,15,17). The van der Waals surface area contributed by atoms with Gasteiger partial charge in [-0.25, -0.2) is 0 Å². The largest absolute Gasteiger partial charge is 0.406 e. The predicted octanol–water partition coefficient (Wildman–Crippen LogP) is 2.62. The second-order valence-corrected chi connectivity index (χ2v) is 4.12. The molecule has 1 aromatic heterocycles. The molecule has 1 heterocycles. The fourth-order valence-corrected chi connectivity index (χ4v) is 1.58. The van der Waals surface area contributed by atoms with Crippen molar-refractivity contribution in [2.24, 2.45) is 0 Å². The van der Waals surface area contributed by atoms with Gasteiger partial charge >= 0.3 is 6.01 Å². The highest BCUT2D eigenvalue weighted by atomic mass is 16.4. The van der Waals surface area contributed by atoms with Crippen LogP contribution in [-0.4, -0.2) is 16.7 Å². The van der Waals surface area contributed by atoms with Gasteiger partial charge in [0.1, 0.15) is 0 Å². The molecule has 0 fully saturated rings. The number of hydrogen-bond donors (Lipinski definition) is 2. The Kier molecular flexibility index (Phi) is 4.30. The van der Waals surface area contributed by atoms with Crippen molar-refractivity contribution >= 4 is 11.7 Å². The molecule has 0 saturated heterocycles. The zero-order valence-corrected chi connectivity index (χ0v) is 10.7. The number of aryl methyl sites for hydroxylation is 1. The molecule has 0 aliphatic carbocycles. The van der Waals surface area contributed by atoms with E-state index in [1.54, 1.807) is 0 Å². The summed E-state index contributed by atoms with van der Waals surface area (Å²) in [5.74, 6) is 0.597. The van der Waals surface area contributed by atoms with E-state index in [0.717, 1.165) is 24.2 Å². The first-order valence-electron chi connectivity index (χ1n) is 6.15. The molecular weight excluding hydrogens is 228 g/mol. The quantitative estimate of drug-likeness (QED) is 0.767. The minimum atomic E-state index is 0.428. The van der Waals surface area contributed by atoms with Crippen molar-refractivity contribution in [1.82, 2.24) is 15.5 Å². The predicted molar refractivity (Wildman–Crippen MR) is 70.8 cm³/mol. The molecule has 1 aromatic carbocycles. The average molecular weight is 246 g/mol. The first-order valence-corrected chi connectivity index (χ1v) is 6.15. The fourth-order valence-electron chi connectivity index (χ4n) is 1.58. The third kappa shape index (κ3) is 3.30. The Balaban J connectivity index is 1.96. The van der Waals surface area contributed by atoms with Gasteiger partial charge in [0.05, 0.1) is 6.54 Å². The molecule has 0 spiro atoms. The van der Waals surface area contributed by atoms with Crippen LogP contribution in [0.3, 0.4) is 0 Å². The molecule has 5 heteroatoms. The van der Waals surface area contributed by atoms with Crippen molar-refractivity contribution < 1.29 is 4.42 Å². The lowest BCUT2D eigenvalue weighted by atomic mass is 10.2. The zero-order valence-electron chi connectivity index (χ0n) is 10.7. The zero-order chi connectivity index (χ0) is 12.8. The molecule has 96 valence electrons. The Bertz CT molecular complexity index is 495. The minimum absolute atomic E-state index is 0.428. The summed E-state index contributed by atoms with van der Waals surface area (Å²) in [5, 5.41) is 14.3. The van der Waals surface area contributed by atoms with Crippen LogP contribution in [0.5, 0.6) is 0 Å². The maximum absolute atomic E-state index is 5.49. The Morgan fingerprint density at radius 2 is 2.06 bits per heavy atom. The Hall–Kier alpha value is -1.88. The number of rotatable bonds is 6. The molecule has 0 atom stereocenters. The molecule has 0 amide bonds. The molecule has 0 bridgehead atoms. The van der Waals surface area contributed by atoms with E-state index in [0.29, 0.717) is 18.5 Å². The van der Waals surface area contributed by atoms with Crippen LogP contribution in [-0.2, 0) is 6.54 Å². The van der Waals surface area contributed by atoms with Gasteiger partial charge in [-0.3, -0.25) is 0 Å². The minimum Gasteiger partial charge on any atom is -0.406 e. The smallest absolute Gasteiger partial charge is 0.320 e. The van der Waals surface area contributed by atoms with E-state index in [2.05, 4.69) is 27.8 Å². The molecule has 2 aromatic rings. The van der Waals surface area contributed by atoms with Crippen LogP contribution in [0.4, 0.5) is 11.7 Å². The molecule has 0 radical (unpaired) electrons.